The Labute approximate surface area is 104 Å². The van der Waals surface area contributed by atoms with Gasteiger partial charge in [0.15, 0.2) is 0 Å². The summed E-state index contributed by atoms with van der Waals surface area (Å²) in [6, 6.07) is 0.569. The molecule has 1 aliphatic heterocycles. The minimum Gasteiger partial charge on any atom is -0.444 e. The van der Waals surface area contributed by atoms with Crippen LogP contribution in [0.25, 0.3) is 0 Å². The average molecular weight is 251 g/mol. The number of carbonyl (C=O) groups excluding carboxylic acids is 1. The lowest BCUT2D eigenvalue weighted by Crippen LogP contribution is -2.35. The van der Waals surface area contributed by atoms with Crippen molar-refractivity contribution < 1.29 is 9.53 Å². The molecule has 0 aromatic heterocycles. The van der Waals surface area contributed by atoms with Gasteiger partial charge in [-0.3, -0.25) is 0 Å². The van der Waals surface area contributed by atoms with Crippen molar-refractivity contribution in [2.45, 2.75) is 51.7 Å². The molecule has 2 N–H and O–H groups in total. The largest absolute Gasteiger partial charge is 0.444 e. The van der Waals surface area contributed by atoms with E-state index in [2.05, 4.69) is 10.6 Å². The van der Waals surface area contributed by atoms with Crippen LogP contribution in [0.15, 0.2) is 0 Å². The normalized spacial score (nSPS) is 20.1. The minimum atomic E-state index is -0.407. The molecule has 0 bridgehead atoms. The van der Waals surface area contributed by atoms with Gasteiger partial charge in [-0.25, -0.2) is 4.79 Å². The molecule has 1 saturated heterocycles. The number of hydrogen-bond donors (Lipinski definition) is 2. The fourth-order valence-electron chi connectivity index (χ4n) is 1.67. The van der Waals surface area contributed by atoms with Crippen molar-refractivity contribution in [1.29, 1.82) is 0 Å². The first-order valence-electron chi connectivity index (χ1n) is 5.67. The van der Waals surface area contributed by atoms with Crippen molar-refractivity contribution in [2.75, 3.05) is 13.1 Å². The number of amides is 1. The van der Waals surface area contributed by atoms with Crippen LogP contribution in [0.3, 0.4) is 0 Å². The summed E-state index contributed by atoms with van der Waals surface area (Å²) in [6.45, 7) is 7.39. The molecule has 1 rings (SSSR count). The topological polar surface area (TPSA) is 50.4 Å². The quantitative estimate of drug-likeness (QED) is 0.806. The van der Waals surface area contributed by atoms with Crippen LogP contribution in [-0.2, 0) is 4.74 Å². The smallest absolute Gasteiger partial charge is 0.407 e. The van der Waals surface area contributed by atoms with Gasteiger partial charge >= 0.3 is 6.09 Å². The van der Waals surface area contributed by atoms with Crippen molar-refractivity contribution >= 4 is 18.5 Å². The van der Waals surface area contributed by atoms with Crippen molar-refractivity contribution in [3.8, 4) is 0 Å². The zero-order valence-corrected chi connectivity index (χ0v) is 11.2. The third-order valence-corrected chi connectivity index (χ3v) is 2.32. The van der Waals surface area contributed by atoms with Gasteiger partial charge in [-0.05, 0) is 46.6 Å². The zero-order chi connectivity index (χ0) is 11.3. The fraction of sp³-hybridized carbons (Fsp3) is 0.909. The molecule has 0 aromatic carbocycles. The van der Waals surface area contributed by atoms with Gasteiger partial charge in [0.1, 0.15) is 5.60 Å². The maximum absolute atomic E-state index is 11.3. The third-order valence-electron chi connectivity index (χ3n) is 2.32. The summed E-state index contributed by atoms with van der Waals surface area (Å²) < 4.78 is 5.13. The van der Waals surface area contributed by atoms with E-state index in [0.717, 1.165) is 13.0 Å². The lowest BCUT2D eigenvalue weighted by Gasteiger charge is -2.20. The molecule has 16 heavy (non-hydrogen) atoms. The number of carbonyl (C=O) groups is 1. The van der Waals surface area contributed by atoms with Crippen LogP contribution in [0.1, 0.15) is 40.0 Å². The molecule has 0 radical (unpaired) electrons. The summed E-state index contributed by atoms with van der Waals surface area (Å²) in [4.78, 5) is 11.3. The Morgan fingerprint density at radius 3 is 2.69 bits per heavy atom. The molecular formula is C11H23ClN2O2. The SMILES string of the molecule is CC(C)(C)OC(=O)NCC[C@H]1CCCN1.Cl. The second-order valence-corrected chi connectivity index (χ2v) is 5.01. The number of ether oxygens (including phenoxy) is 1. The number of alkyl carbamates (subject to hydrolysis) is 1. The molecule has 0 unspecified atom stereocenters. The van der Waals surface area contributed by atoms with Crippen molar-refractivity contribution in [2.24, 2.45) is 0 Å². The van der Waals surface area contributed by atoms with Crippen LogP contribution in [0.2, 0.25) is 0 Å². The van der Waals surface area contributed by atoms with E-state index in [1.54, 1.807) is 0 Å². The first-order valence-corrected chi connectivity index (χ1v) is 5.67. The molecule has 1 amide bonds. The number of rotatable bonds is 3. The molecule has 0 aliphatic carbocycles. The molecule has 1 fully saturated rings. The van der Waals surface area contributed by atoms with Gasteiger partial charge in [-0.2, -0.15) is 0 Å². The molecule has 1 aliphatic rings. The van der Waals surface area contributed by atoms with E-state index >= 15 is 0 Å². The van der Waals surface area contributed by atoms with Crippen LogP contribution in [-0.4, -0.2) is 30.8 Å². The summed E-state index contributed by atoms with van der Waals surface area (Å²) in [5.74, 6) is 0. The highest BCUT2D eigenvalue weighted by Crippen LogP contribution is 2.08. The Morgan fingerprint density at radius 2 is 2.19 bits per heavy atom. The van der Waals surface area contributed by atoms with Gasteiger partial charge in [-0.1, -0.05) is 0 Å². The minimum absolute atomic E-state index is 0. The monoisotopic (exact) mass is 250 g/mol. The standard InChI is InChI=1S/C11H22N2O2.ClH/c1-11(2,3)15-10(14)13-8-6-9-5-4-7-12-9;/h9,12H,4-8H2,1-3H3,(H,13,14);1H/t9-;/m1./s1. The van der Waals surface area contributed by atoms with Crippen LogP contribution in [0.5, 0.6) is 0 Å². The summed E-state index contributed by atoms with van der Waals surface area (Å²) in [7, 11) is 0. The van der Waals surface area contributed by atoms with Crippen molar-refractivity contribution in [3.63, 3.8) is 0 Å². The van der Waals surface area contributed by atoms with Crippen molar-refractivity contribution in [1.82, 2.24) is 10.6 Å². The number of hydrogen-bond acceptors (Lipinski definition) is 3. The first-order chi connectivity index (χ1) is 6.97. The van der Waals surface area contributed by atoms with E-state index in [-0.39, 0.29) is 18.5 Å². The number of nitrogens with one attached hydrogen (secondary N) is 2. The molecule has 4 nitrogen and oxygen atoms in total. The lowest BCUT2D eigenvalue weighted by molar-refractivity contribution is 0.0526. The summed E-state index contributed by atoms with van der Waals surface area (Å²) in [5, 5.41) is 6.15. The summed E-state index contributed by atoms with van der Waals surface area (Å²) in [5.41, 5.74) is -0.407. The third kappa shape index (κ3) is 6.90. The second-order valence-electron chi connectivity index (χ2n) is 5.01. The molecular weight excluding hydrogens is 228 g/mol. The predicted octanol–water partition coefficient (Wildman–Crippen LogP) is 2.07. The fourth-order valence-corrected chi connectivity index (χ4v) is 1.67. The van der Waals surface area contributed by atoms with E-state index in [0.29, 0.717) is 12.6 Å². The zero-order valence-electron chi connectivity index (χ0n) is 10.3. The maximum Gasteiger partial charge on any atom is 0.407 e. The van der Waals surface area contributed by atoms with Gasteiger partial charge in [-0.15, -0.1) is 12.4 Å². The molecule has 0 saturated carbocycles. The molecule has 96 valence electrons. The summed E-state index contributed by atoms with van der Waals surface area (Å²) in [6.07, 6.45) is 3.13. The summed E-state index contributed by atoms with van der Waals surface area (Å²) >= 11 is 0. The maximum atomic E-state index is 11.3. The van der Waals surface area contributed by atoms with Gasteiger partial charge in [0.05, 0.1) is 0 Å². The Morgan fingerprint density at radius 1 is 1.50 bits per heavy atom. The lowest BCUT2D eigenvalue weighted by atomic mass is 10.1. The van der Waals surface area contributed by atoms with E-state index in [4.69, 9.17) is 4.74 Å². The van der Waals surface area contributed by atoms with Crippen molar-refractivity contribution in [3.05, 3.63) is 0 Å². The Kier molecular flexibility index (Phi) is 6.76. The Balaban J connectivity index is 0.00000225. The first kappa shape index (κ1) is 15.5. The highest BCUT2D eigenvalue weighted by atomic mass is 35.5. The van der Waals surface area contributed by atoms with E-state index in [1.807, 2.05) is 20.8 Å². The van der Waals surface area contributed by atoms with E-state index in [9.17, 15) is 4.79 Å². The second kappa shape index (κ2) is 6.97. The van der Waals surface area contributed by atoms with Crippen LogP contribution < -0.4 is 10.6 Å². The van der Waals surface area contributed by atoms with Crippen LogP contribution >= 0.6 is 12.4 Å². The number of halogens is 1. The molecule has 0 spiro atoms. The Bertz CT molecular complexity index is 211. The van der Waals surface area contributed by atoms with Gasteiger partial charge in [0, 0.05) is 12.6 Å². The average Bonchev–Trinajstić information content (AvgIpc) is 2.53. The predicted molar refractivity (Wildman–Crippen MR) is 67.1 cm³/mol. The Hall–Kier alpha value is -0.480. The van der Waals surface area contributed by atoms with Crippen LogP contribution in [0.4, 0.5) is 4.79 Å². The molecule has 5 heteroatoms. The van der Waals surface area contributed by atoms with Gasteiger partial charge in [0.25, 0.3) is 0 Å². The molecule has 1 heterocycles. The highest BCUT2D eigenvalue weighted by molar-refractivity contribution is 5.85. The highest BCUT2D eigenvalue weighted by Gasteiger charge is 2.17. The van der Waals surface area contributed by atoms with Crippen LogP contribution in [0, 0.1) is 0 Å². The van der Waals surface area contributed by atoms with Gasteiger partial charge in [0.2, 0.25) is 0 Å². The van der Waals surface area contributed by atoms with Gasteiger partial charge < -0.3 is 15.4 Å². The molecule has 1 atom stereocenters. The molecule has 0 aromatic rings. The van der Waals surface area contributed by atoms with E-state index < -0.39 is 5.60 Å². The van der Waals surface area contributed by atoms with E-state index in [1.165, 1.54) is 12.8 Å².